The maximum atomic E-state index is 12.2. The number of nitrogens with two attached hydrogens (primary N) is 1. The number of amides is 1. The van der Waals surface area contributed by atoms with E-state index in [4.69, 9.17) is 5.14 Å². The normalized spacial score (nSPS) is 11.4. The van der Waals surface area contributed by atoms with E-state index in [0.717, 1.165) is 5.69 Å². The third-order valence-electron chi connectivity index (χ3n) is 4.17. The molecule has 9 heteroatoms. The van der Waals surface area contributed by atoms with Crippen LogP contribution in [-0.2, 0) is 14.8 Å². The van der Waals surface area contributed by atoms with Gasteiger partial charge in [-0.3, -0.25) is 9.36 Å². The third-order valence-corrected chi connectivity index (χ3v) is 6.07. The van der Waals surface area contributed by atoms with Gasteiger partial charge in [-0.25, -0.2) is 18.5 Å². The number of nitrogens with one attached hydrogen (secondary N) is 1. The smallest absolute Gasteiger partial charge is 0.238 e. The van der Waals surface area contributed by atoms with Gasteiger partial charge >= 0.3 is 0 Å². The first-order chi connectivity index (χ1) is 13.2. The van der Waals surface area contributed by atoms with Crippen molar-refractivity contribution in [3.63, 3.8) is 0 Å². The Morgan fingerprint density at radius 2 is 1.86 bits per heavy atom. The molecule has 0 aliphatic carbocycles. The number of nitrogens with zero attached hydrogens (tertiary/aromatic N) is 2. The number of thioether (sulfide) groups is 1. The van der Waals surface area contributed by atoms with Crippen molar-refractivity contribution in [2.45, 2.75) is 23.9 Å². The lowest BCUT2D eigenvalue weighted by atomic mass is 10.1. The molecule has 146 valence electrons. The minimum absolute atomic E-state index is 0.00436. The molecule has 3 aromatic rings. The first-order valence-electron chi connectivity index (χ1n) is 8.40. The topological polar surface area (TPSA) is 107 Å². The van der Waals surface area contributed by atoms with Gasteiger partial charge in [-0.2, -0.15) is 0 Å². The standard InChI is InChI=1S/C19H20N4O3S2/c1-13-3-6-16(11-14(13)2)23-10-9-21-19(23)27-12-18(24)22-15-4-7-17(8-5-15)28(20,25)26/h3-11H,12H2,1-2H3,(H,22,24)(H2,20,25,26). The van der Waals surface area contributed by atoms with Gasteiger partial charge in [0.2, 0.25) is 15.9 Å². The van der Waals surface area contributed by atoms with Crippen molar-refractivity contribution in [3.8, 4) is 5.69 Å². The van der Waals surface area contributed by atoms with Gasteiger partial charge in [-0.1, -0.05) is 17.8 Å². The van der Waals surface area contributed by atoms with Gasteiger partial charge in [-0.05, 0) is 61.4 Å². The van der Waals surface area contributed by atoms with Crippen LogP contribution in [0.1, 0.15) is 11.1 Å². The molecule has 0 aliphatic rings. The predicted molar refractivity (Wildman–Crippen MR) is 110 cm³/mol. The summed E-state index contributed by atoms with van der Waals surface area (Å²) < 4.78 is 24.5. The Kier molecular flexibility index (Phi) is 5.87. The number of anilines is 1. The first-order valence-corrected chi connectivity index (χ1v) is 10.9. The van der Waals surface area contributed by atoms with Crippen LogP contribution < -0.4 is 10.5 Å². The predicted octanol–water partition coefficient (Wildman–Crippen LogP) is 2.87. The lowest BCUT2D eigenvalue weighted by Crippen LogP contribution is -2.15. The molecule has 1 aromatic heterocycles. The summed E-state index contributed by atoms with van der Waals surface area (Å²) in [5, 5.41) is 8.50. The second-order valence-corrected chi connectivity index (χ2v) is 8.76. The van der Waals surface area contributed by atoms with Crippen molar-refractivity contribution in [2.24, 2.45) is 5.14 Å². The lowest BCUT2D eigenvalue weighted by Gasteiger charge is -2.10. The van der Waals surface area contributed by atoms with E-state index < -0.39 is 10.0 Å². The van der Waals surface area contributed by atoms with Crippen LogP contribution in [-0.4, -0.2) is 29.6 Å². The van der Waals surface area contributed by atoms with Crippen molar-refractivity contribution in [3.05, 3.63) is 66.0 Å². The van der Waals surface area contributed by atoms with E-state index in [1.165, 1.54) is 47.2 Å². The fraction of sp³-hybridized carbons (Fsp3) is 0.158. The SMILES string of the molecule is Cc1ccc(-n2ccnc2SCC(=O)Nc2ccc(S(N)(=O)=O)cc2)cc1C. The molecule has 0 fully saturated rings. The molecule has 2 aromatic carbocycles. The van der Waals surface area contributed by atoms with E-state index in [0.29, 0.717) is 10.8 Å². The molecule has 0 spiro atoms. The molecule has 0 saturated heterocycles. The van der Waals surface area contributed by atoms with Crippen LogP contribution >= 0.6 is 11.8 Å². The zero-order chi connectivity index (χ0) is 20.3. The van der Waals surface area contributed by atoms with Crippen molar-refractivity contribution in [2.75, 3.05) is 11.1 Å². The Bertz CT molecular complexity index is 1110. The van der Waals surface area contributed by atoms with Crippen LogP contribution in [0.2, 0.25) is 0 Å². The van der Waals surface area contributed by atoms with Crippen LogP contribution in [0.5, 0.6) is 0 Å². The number of carbonyl (C=O) groups excluding carboxylic acids is 1. The van der Waals surface area contributed by atoms with Crippen molar-refractivity contribution in [1.82, 2.24) is 9.55 Å². The van der Waals surface area contributed by atoms with Gasteiger partial charge in [0.1, 0.15) is 0 Å². The summed E-state index contributed by atoms with van der Waals surface area (Å²) >= 11 is 1.32. The molecule has 3 rings (SSSR count). The summed E-state index contributed by atoms with van der Waals surface area (Å²) in [6.45, 7) is 4.11. The second-order valence-electron chi connectivity index (χ2n) is 6.25. The van der Waals surface area contributed by atoms with Gasteiger partial charge < -0.3 is 5.32 Å². The minimum Gasteiger partial charge on any atom is -0.325 e. The second kappa shape index (κ2) is 8.17. The summed E-state index contributed by atoms with van der Waals surface area (Å²) in [6.07, 6.45) is 3.55. The zero-order valence-corrected chi connectivity index (χ0v) is 17.0. The molecular formula is C19H20N4O3S2. The molecule has 1 amide bonds. The average molecular weight is 417 g/mol. The summed E-state index contributed by atoms with van der Waals surface area (Å²) in [5.74, 6) is -0.0540. The average Bonchev–Trinajstić information content (AvgIpc) is 3.10. The molecule has 0 unspecified atom stereocenters. The van der Waals surface area contributed by atoms with Crippen LogP contribution in [0.15, 0.2) is 64.9 Å². The van der Waals surface area contributed by atoms with Crippen LogP contribution in [0.4, 0.5) is 5.69 Å². The maximum absolute atomic E-state index is 12.2. The van der Waals surface area contributed by atoms with Crippen molar-refractivity contribution < 1.29 is 13.2 Å². The highest BCUT2D eigenvalue weighted by atomic mass is 32.2. The molecule has 0 bridgehead atoms. The molecule has 0 radical (unpaired) electrons. The van der Waals surface area contributed by atoms with Gasteiger partial charge in [0.05, 0.1) is 10.6 Å². The van der Waals surface area contributed by atoms with Gasteiger partial charge in [-0.15, -0.1) is 0 Å². The Morgan fingerprint density at radius 3 is 2.50 bits per heavy atom. The number of imidazole rings is 1. The van der Waals surface area contributed by atoms with Crippen LogP contribution in [0, 0.1) is 13.8 Å². The van der Waals surface area contributed by atoms with Gasteiger partial charge in [0.15, 0.2) is 5.16 Å². The molecule has 0 atom stereocenters. The number of aromatic nitrogens is 2. The number of sulfonamides is 1. The fourth-order valence-electron chi connectivity index (χ4n) is 2.52. The van der Waals surface area contributed by atoms with Gasteiger partial charge in [0, 0.05) is 23.8 Å². The summed E-state index contributed by atoms with van der Waals surface area (Å²) in [6, 6.07) is 11.8. The number of carbonyl (C=O) groups is 1. The molecule has 7 nitrogen and oxygen atoms in total. The molecule has 1 heterocycles. The first kappa shape index (κ1) is 20.1. The largest absolute Gasteiger partial charge is 0.325 e. The highest BCUT2D eigenvalue weighted by Gasteiger charge is 2.11. The zero-order valence-electron chi connectivity index (χ0n) is 15.4. The number of primary sulfonamides is 1. The Balaban J connectivity index is 1.64. The van der Waals surface area contributed by atoms with Crippen LogP contribution in [0.25, 0.3) is 5.69 Å². The Hall–Kier alpha value is -2.62. The van der Waals surface area contributed by atoms with E-state index >= 15 is 0 Å². The monoisotopic (exact) mass is 416 g/mol. The minimum atomic E-state index is -3.75. The molecule has 28 heavy (non-hydrogen) atoms. The number of rotatable bonds is 6. The quantitative estimate of drug-likeness (QED) is 0.601. The van der Waals surface area contributed by atoms with E-state index in [9.17, 15) is 13.2 Å². The Labute approximate surface area is 168 Å². The number of benzene rings is 2. The van der Waals surface area contributed by atoms with E-state index in [1.807, 2.05) is 16.8 Å². The van der Waals surface area contributed by atoms with Gasteiger partial charge in [0.25, 0.3) is 0 Å². The van der Waals surface area contributed by atoms with Crippen LogP contribution in [0.3, 0.4) is 0 Å². The number of aryl methyl sites for hydroxylation is 2. The number of hydrogen-bond donors (Lipinski definition) is 2. The molecule has 3 N–H and O–H groups in total. The van der Waals surface area contributed by atoms with Crippen molar-refractivity contribution in [1.29, 1.82) is 0 Å². The number of hydrogen-bond acceptors (Lipinski definition) is 5. The Morgan fingerprint density at radius 1 is 1.14 bits per heavy atom. The van der Waals surface area contributed by atoms with E-state index in [-0.39, 0.29) is 16.6 Å². The molecule has 0 saturated carbocycles. The maximum Gasteiger partial charge on any atom is 0.238 e. The summed E-state index contributed by atoms with van der Waals surface area (Å²) in [5.41, 5.74) is 3.88. The van der Waals surface area contributed by atoms with Crippen molar-refractivity contribution >= 4 is 33.4 Å². The fourth-order valence-corrected chi connectivity index (χ4v) is 3.81. The highest BCUT2D eigenvalue weighted by molar-refractivity contribution is 7.99. The summed E-state index contributed by atoms with van der Waals surface area (Å²) in [7, 11) is -3.75. The van der Waals surface area contributed by atoms with E-state index in [2.05, 4.69) is 36.3 Å². The third kappa shape index (κ3) is 4.80. The highest BCUT2D eigenvalue weighted by Crippen LogP contribution is 2.22. The lowest BCUT2D eigenvalue weighted by molar-refractivity contribution is -0.113. The molecule has 0 aliphatic heterocycles. The van der Waals surface area contributed by atoms with E-state index in [1.54, 1.807) is 6.20 Å². The molecular weight excluding hydrogens is 396 g/mol. The summed E-state index contributed by atoms with van der Waals surface area (Å²) in [4.78, 5) is 16.5.